The van der Waals surface area contributed by atoms with Gasteiger partial charge >= 0.3 is 6.18 Å². The molecule has 0 bridgehead atoms. The molecule has 1 aromatic carbocycles. The van der Waals surface area contributed by atoms with Crippen molar-refractivity contribution in [2.45, 2.75) is 12.6 Å². The third-order valence-corrected chi connectivity index (χ3v) is 2.89. The lowest BCUT2D eigenvalue weighted by molar-refractivity contribution is -0.137. The molecule has 0 radical (unpaired) electrons. The second-order valence-electron chi connectivity index (χ2n) is 4.23. The molecule has 100 valence electrons. The van der Waals surface area contributed by atoms with E-state index in [0.29, 0.717) is 26.3 Å². The minimum atomic E-state index is -4.39. The van der Waals surface area contributed by atoms with Crippen molar-refractivity contribution in [3.05, 3.63) is 23.8 Å². The van der Waals surface area contributed by atoms with Gasteiger partial charge in [-0.15, -0.1) is 0 Å². The van der Waals surface area contributed by atoms with E-state index in [0.717, 1.165) is 12.5 Å². The maximum atomic E-state index is 13.0. The zero-order valence-corrected chi connectivity index (χ0v) is 9.83. The summed E-state index contributed by atoms with van der Waals surface area (Å²) in [6, 6.07) is 3.92. The average Bonchev–Trinajstić information content (AvgIpc) is 2.56. The van der Waals surface area contributed by atoms with Crippen LogP contribution in [-0.4, -0.2) is 26.3 Å². The second kappa shape index (κ2) is 5.06. The van der Waals surface area contributed by atoms with Crippen LogP contribution in [-0.2, 0) is 10.9 Å². The van der Waals surface area contributed by atoms with Gasteiger partial charge in [-0.25, -0.2) is 0 Å². The summed E-state index contributed by atoms with van der Waals surface area (Å²) < 4.78 is 44.2. The Labute approximate surface area is 103 Å². The van der Waals surface area contributed by atoms with Crippen LogP contribution in [0.15, 0.2) is 18.2 Å². The van der Waals surface area contributed by atoms with Crippen LogP contribution in [0.2, 0.25) is 0 Å². The van der Waals surface area contributed by atoms with E-state index >= 15 is 0 Å². The fourth-order valence-electron chi connectivity index (χ4n) is 2.04. The number of hydrogen-bond donors (Lipinski definition) is 1. The van der Waals surface area contributed by atoms with E-state index in [-0.39, 0.29) is 11.4 Å². The highest BCUT2D eigenvalue weighted by Gasteiger charge is 2.35. The summed E-state index contributed by atoms with van der Waals surface area (Å²) in [6.07, 6.45) is -3.67. The normalized spacial score (nSPS) is 17.6. The largest absolute Gasteiger partial charge is 0.418 e. The highest BCUT2D eigenvalue weighted by molar-refractivity contribution is 5.61. The molecule has 3 nitrogen and oxygen atoms in total. The van der Waals surface area contributed by atoms with Gasteiger partial charge in [0.05, 0.1) is 12.2 Å². The van der Waals surface area contributed by atoms with Crippen molar-refractivity contribution in [1.29, 1.82) is 0 Å². The molecule has 0 unspecified atom stereocenters. The minimum absolute atomic E-state index is 0.122. The fraction of sp³-hybridized carbons (Fsp3) is 0.500. The van der Waals surface area contributed by atoms with Gasteiger partial charge in [-0.05, 0) is 24.6 Å². The molecular formula is C12H15F3N2O. The Morgan fingerprint density at radius 2 is 1.94 bits per heavy atom. The molecule has 1 saturated heterocycles. The molecule has 0 aromatic heterocycles. The predicted molar refractivity (Wildman–Crippen MR) is 63.5 cm³/mol. The summed E-state index contributed by atoms with van der Waals surface area (Å²) in [5, 5.41) is 0. The summed E-state index contributed by atoms with van der Waals surface area (Å²) in [5.74, 6) is 0. The van der Waals surface area contributed by atoms with E-state index in [1.807, 2.05) is 0 Å². The summed E-state index contributed by atoms with van der Waals surface area (Å²) >= 11 is 0. The monoisotopic (exact) mass is 260 g/mol. The molecule has 0 saturated carbocycles. The van der Waals surface area contributed by atoms with Crippen molar-refractivity contribution in [2.75, 3.05) is 36.9 Å². The van der Waals surface area contributed by atoms with Crippen molar-refractivity contribution in [3.8, 4) is 0 Å². The predicted octanol–water partition coefficient (Wildman–Crippen LogP) is 2.51. The fourth-order valence-corrected chi connectivity index (χ4v) is 2.04. The molecule has 2 N–H and O–H groups in total. The third kappa shape index (κ3) is 2.87. The van der Waals surface area contributed by atoms with Crippen LogP contribution in [0, 0.1) is 0 Å². The minimum Gasteiger partial charge on any atom is -0.399 e. The molecular weight excluding hydrogens is 245 g/mol. The quantitative estimate of drug-likeness (QED) is 0.788. The van der Waals surface area contributed by atoms with E-state index in [4.69, 9.17) is 10.5 Å². The number of ether oxygens (including phenoxy) is 1. The summed E-state index contributed by atoms with van der Waals surface area (Å²) in [4.78, 5) is 1.70. The molecule has 6 heteroatoms. The molecule has 1 heterocycles. The van der Waals surface area contributed by atoms with E-state index in [1.54, 1.807) is 4.90 Å². The number of hydrogen-bond acceptors (Lipinski definition) is 3. The first-order valence-electron chi connectivity index (χ1n) is 5.78. The van der Waals surface area contributed by atoms with Gasteiger partial charge in [-0.2, -0.15) is 13.2 Å². The lowest BCUT2D eigenvalue weighted by Crippen LogP contribution is -2.28. The van der Waals surface area contributed by atoms with E-state index in [9.17, 15) is 13.2 Å². The average molecular weight is 260 g/mol. The molecule has 18 heavy (non-hydrogen) atoms. The van der Waals surface area contributed by atoms with Gasteiger partial charge in [0.1, 0.15) is 0 Å². The number of nitrogens with zero attached hydrogens (tertiary/aromatic N) is 1. The van der Waals surface area contributed by atoms with Gasteiger partial charge in [-0.3, -0.25) is 0 Å². The Morgan fingerprint density at radius 1 is 1.17 bits per heavy atom. The van der Waals surface area contributed by atoms with Crippen molar-refractivity contribution in [2.24, 2.45) is 0 Å². The Morgan fingerprint density at radius 3 is 2.67 bits per heavy atom. The maximum Gasteiger partial charge on any atom is 0.418 e. The van der Waals surface area contributed by atoms with Gasteiger partial charge in [0.25, 0.3) is 0 Å². The Bertz CT molecular complexity index is 412. The highest BCUT2D eigenvalue weighted by Crippen LogP contribution is 2.38. The smallest absolute Gasteiger partial charge is 0.399 e. The first-order valence-corrected chi connectivity index (χ1v) is 5.78. The van der Waals surface area contributed by atoms with Crippen LogP contribution in [0.3, 0.4) is 0 Å². The number of anilines is 2. The van der Waals surface area contributed by atoms with Crippen molar-refractivity contribution in [1.82, 2.24) is 0 Å². The van der Waals surface area contributed by atoms with Crippen molar-refractivity contribution < 1.29 is 17.9 Å². The van der Waals surface area contributed by atoms with Gasteiger partial charge in [-0.1, -0.05) is 0 Å². The summed E-state index contributed by atoms with van der Waals surface area (Å²) in [6.45, 7) is 2.06. The molecule has 0 aliphatic carbocycles. The summed E-state index contributed by atoms with van der Waals surface area (Å²) in [7, 11) is 0. The topological polar surface area (TPSA) is 38.5 Å². The SMILES string of the molecule is Nc1ccc(N2CCCOCC2)c(C(F)(F)F)c1. The molecule has 0 atom stereocenters. The molecule has 1 fully saturated rings. The summed E-state index contributed by atoms with van der Waals surface area (Å²) in [5.41, 5.74) is 5.07. The van der Waals surface area contributed by atoms with Crippen LogP contribution < -0.4 is 10.6 Å². The number of rotatable bonds is 1. The van der Waals surface area contributed by atoms with E-state index in [2.05, 4.69) is 0 Å². The molecule has 1 aliphatic rings. The van der Waals surface area contributed by atoms with Crippen LogP contribution in [0.25, 0.3) is 0 Å². The number of nitrogen functional groups attached to an aromatic ring is 1. The molecule has 0 spiro atoms. The van der Waals surface area contributed by atoms with E-state index < -0.39 is 11.7 Å². The number of alkyl halides is 3. The van der Waals surface area contributed by atoms with Crippen LogP contribution in [0.5, 0.6) is 0 Å². The third-order valence-electron chi connectivity index (χ3n) is 2.89. The van der Waals surface area contributed by atoms with E-state index in [1.165, 1.54) is 12.1 Å². The van der Waals surface area contributed by atoms with Crippen LogP contribution in [0.4, 0.5) is 24.5 Å². The molecule has 0 amide bonds. The highest BCUT2D eigenvalue weighted by atomic mass is 19.4. The first kappa shape index (κ1) is 13.0. The van der Waals surface area contributed by atoms with Gasteiger partial charge in [0.2, 0.25) is 0 Å². The molecule has 1 aromatic rings. The number of nitrogens with two attached hydrogens (primary N) is 1. The van der Waals surface area contributed by atoms with Crippen molar-refractivity contribution in [3.63, 3.8) is 0 Å². The molecule has 1 aliphatic heterocycles. The van der Waals surface area contributed by atoms with Crippen LogP contribution >= 0.6 is 0 Å². The zero-order chi connectivity index (χ0) is 13.2. The van der Waals surface area contributed by atoms with Gasteiger partial charge in [0.15, 0.2) is 0 Å². The Hall–Kier alpha value is -1.43. The first-order chi connectivity index (χ1) is 8.48. The zero-order valence-electron chi connectivity index (χ0n) is 9.83. The number of benzene rings is 1. The Balaban J connectivity index is 2.36. The number of halogens is 3. The Kier molecular flexibility index (Phi) is 3.65. The van der Waals surface area contributed by atoms with Gasteiger partial charge in [0, 0.05) is 31.1 Å². The van der Waals surface area contributed by atoms with Crippen LogP contribution in [0.1, 0.15) is 12.0 Å². The molecule has 2 rings (SSSR count). The standard InChI is InChI=1S/C12H15F3N2O/c13-12(14,15)10-8-9(16)2-3-11(10)17-4-1-6-18-7-5-17/h2-3,8H,1,4-7,16H2. The lowest BCUT2D eigenvalue weighted by atomic mass is 10.1. The van der Waals surface area contributed by atoms with Crippen molar-refractivity contribution >= 4 is 11.4 Å². The van der Waals surface area contributed by atoms with Gasteiger partial charge < -0.3 is 15.4 Å². The maximum absolute atomic E-state index is 13.0. The second-order valence-corrected chi connectivity index (χ2v) is 4.23. The lowest BCUT2D eigenvalue weighted by Gasteiger charge is -2.26.